The number of hydrogen-bond acceptors (Lipinski definition) is 2. The average Bonchev–Trinajstić information content (AvgIpc) is 2.97. The van der Waals surface area contributed by atoms with Gasteiger partial charge in [-0.2, -0.15) is 0 Å². The molecule has 24 heavy (non-hydrogen) atoms. The van der Waals surface area contributed by atoms with Crippen LogP contribution in [0.4, 0.5) is 0 Å². The fraction of sp³-hybridized carbons (Fsp3) is 0.476. The number of benzene rings is 1. The lowest BCUT2D eigenvalue weighted by molar-refractivity contribution is -0.147. The van der Waals surface area contributed by atoms with Gasteiger partial charge >= 0.3 is 5.97 Å². The van der Waals surface area contributed by atoms with E-state index >= 15 is 0 Å². The Balaban J connectivity index is 2.48. The summed E-state index contributed by atoms with van der Waals surface area (Å²) in [6.45, 7) is 11.2. The van der Waals surface area contributed by atoms with Crippen molar-refractivity contribution in [3.63, 3.8) is 0 Å². The van der Waals surface area contributed by atoms with E-state index in [9.17, 15) is 4.79 Å². The summed E-state index contributed by atoms with van der Waals surface area (Å²) in [5.74, 6) is -0.144. The zero-order valence-corrected chi connectivity index (χ0v) is 16.5. The maximum absolute atomic E-state index is 12.7. The van der Waals surface area contributed by atoms with E-state index in [-0.39, 0.29) is 5.97 Å². The second-order valence-electron chi connectivity index (χ2n) is 6.99. The predicted octanol–water partition coefficient (Wildman–Crippen LogP) is 5.42. The third-order valence-corrected chi connectivity index (χ3v) is 11.1. The van der Waals surface area contributed by atoms with Gasteiger partial charge in [0.25, 0.3) is 0 Å². The van der Waals surface area contributed by atoms with E-state index in [0.717, 1.165) is 17.6 Å². The summed E-state index contributed by atoms with van der Waals surface area (Å²) in [6, 6.07) is 13.8. The lowest BCUT2D eigenvalue weighted by Gasteiger charge is -2.27. The molecule has 2 rings (SSSR count). The van der Waals surface area contributed by atoms with Gasteiger partial charge in [-0.05, 0) is 18.4 Å². The van der Waals surface area contributed by atoms with Gasteiger partial charge in [0.2, 0.25) is 0 Å². The van der Waals surface area contributed by atoms with Gasteiger partial charge in [-0.1, -0.05) is 92.7 Å². The molecule has 0 aromatic heterocycles. The van der Waals surface area contributed by atoms with Crippen molar-refractivity contribution in [2.24, 2.45) is 0 Å². The van der Waals surface area contributed by atoms with Crippen molar-refractivity contribution in [3.05, 3.63) is 59.3 Å². The molecule has 0 aliphatic heterocycles. The minimum absolute atomic E-state index is 0.144. The predicted molar refractivity (Wildman–Crippen MR) is 104 cm³/mol. The molecular weight excluding hydrogens is 312 g/mol. The molecule has 0 heterocycles. The molecule has 1 aromatic rings. The molecule has 0 saturated heterocycles. The van der Waals surface area contributed by atoms with Crippen LogP contribution in [-0.4, -0.2) is 21.2 Å². The summed E-state index contributed by atoms with van der Waals surface area (Å²) >= 11 is 0. The Bertz CT molecular complexity index is 620. The quantitative estimate of drug-likeness (QED) is 0.509. The van der Waals surface area contributed by atoms with Gasteiger partial charge in [0.1, 0.15) is 5.41 Å². The first-order valence-corrected chi connectivity index (χ1v) is 11.7. The van der Waals surface area contributed by atoms with Crippen LogP contribution in [0.15, 0.2) is 53.8 Å². The van der Waals surface area contributed by atoms with Crippen molar-refractivity contribution in [2.45, 2.75) is 57.2 Å². The first-order chi connectivity index (χ1) is 11.5. The van der Waals surface area contributed by atoms with Crippen LogP contribution in [0.3, 0.4) is 0 Å². The van der Waals surface area contributed by atoms with Crippen LogP contribution in [0.5, 0.6) is 0 Å². The Morgan fingerprint density at radius 2 is 1.75 bits per heavy atom. The SMILES string of the molecule is C=C1C[C@](C(=O)OC)(c2ccccc2)C/C1=C/[Si](CC)(CC)CC. The molecule has 0 bridgehead atoms. The molecule has 0 radical (unpaired) electrons. The van der Waals surface area contributed by atoms with Gasteiger partial charge in [-0.15, -0.1) is 0 Å². The summed E-state index contributed by atoms with van der Waals surface area (Å²) in [5.41, 5.74) is 5.37. The molecule has 130 valence electrons. The molecule has 1 atom stereocenters. The number of rotatable bonds is 6. The van der Waals surface area contributed by atoms with E-state index in [1.807, 2.05) is 30.3 Å². The minimum Gasteiger partial charge on any atom is -0.468 e. The number of ether oxygens (including phenoxy) is 1. The van der Waals surface area contributed by atoms with E-state index in [4.69, 9.17) is 4.74 Å². The van der Waals surface area contributed by atoms with Crippen LogP contribution in [0.1, 0.15) is 39.2 Å². The smallest absolute Gasteiger partial charge is 0.316 e. The summed E-state index contributed by atoms with van der Waals surface area (Å²) in [5, 5.41) is 0. The van der Waals surface area contributed by atoms with Crippen LogP contribution in [0, 0.1) is 0 Å². The molecule has 1 saturated carbocycles. The Kier molecular flexibility index (Phi) is 5.86. The molecule has 1 aliphatic carbocycles. The van der Waals surface area contributed by atoms with Crippen LogP contribution < -0.4 is 0 Å². The maximum Gasteiger partial charge on any atom is 0.316 e. The van der Waals surface area contributed by atoms with Crippen molar-refractivity contribution in [2.75, 3.05) is 7.11 Å². The number of methoxy groups -OCH3 is 1. The molecular formula is C21H30O2Si. The first-order valence-electron chi connectivity index (χ1n) is 9.00. The van der Waals surface area contributed by atoms with Gasteiger partial charge < -0.3 is 4.74 Å². The molecule has 0 unspecified atom stereocenters. The summed E-state index contributed by atoms with van der Waals surface area (Å²) in [4.78, 5) is 12.7. The van der Waals surface area contributed by atoms with E-state index in [0.29, 0.717) is 6.42 Å². The highest BCUT2D eigenvalue weighted by molar-refractivity contribution is 6.84. The van der Waals surface area contributed by atoms with Crippen LogP contribution in [0.2, 0.25) is 18.1 Å². The summed E-state index contributed by atoms with van der Waals surface area (Å²) in [6.07, 6.45) is 1.38. The van der Waals surface area contributed by atoms with Crippen molar-refractivity contribution in [1.82, 2.24) is 0 Å². The third-order valence-electron chi connectivity index (χ3n) is 5.96. The van der Waals surface area contributed by atoms with Gasteiger partial charge in [0.05, 0.1) is 15.2 Å². The molecule has 1 fully saturated rings. The number of carbonyl (C=O) groups is 1. The topological polar surface area (TPSA) is 26.3 Å². The van der Waals surface area contributed by atoms with Gasteiger partial charge in [-0.25, -0.2) is 0 Å². The van der Waals surface area contributed by atoms with Crippen molar-refractivity contribution < 1.29 is 9.53 Å². The van der Waals surface area contributed by atoms with Crippen molar-refractivity contribution >= 4 is 14.0 Å². The lowest BCUT2D eigenvalue weighted by Crippen LogP contribution is -2.34. The molecule has 2 nitrogen and oxygen atoms in total. The average molecular weight is 343 g/mol. The zero-order valence-electron chi connectivity index (χ0n) is 15.5. The zero-order chi connectivity index (χ0) is 17.8. The minimum atomic E-state index is -1.41. The molecule has 1 aromatic carbocycles. The second-order valence-corrected chi connectivity index (χ2v) is 12.1. The van der Waals surface area contributed by atoms with E-state index in [2.05, 4.69) is 33.0 Å². The van der Waals surface area contributed by atoms with E-state index in [1.54, 1.807) is 0 Å². The number of allylic oxidation sites excluding steroid dienone is 2. The van der Waals surface area contributed by atoms with Gasteiger partial charge in [0, 0.05) is 0 Å². The Morgan fingerprint density at radius 3 is 2.25 bits per heavy atom. The molecule has 3 heteroatoms. The largest absolute Gasteiger partial charge is 0.468 e. The number of hydrogen-bond donors (Lipinski definition) is 0. The number of esters is 1. The summed E-state index contributed by atoms with van der Waals surface area (Å²) < 4.78 is 5.20. The molecule has 0 spiro atoms. The van der Waals surface area contributed by atoms with Crippen LogP contribution >= 0.6 is 0 Å². The maximum atomic E-state index is 12.7. The van der Waals surface area contributed by atoms with Crippen molar-refractivity contribution in [3.8, 4) is 0 Å². The molecule has 1 aliphatic rings. The third kappa shape index (κ3) is 3.27. The Labute approximate surface area is 147 Å². The lowest BCUT2D eigenvalue weighted by atomic mass is 9.78. The Hall–Kier alpha value is -1.61. The first kappa shape index (κ1) is 18.7. The summed E-state index contributed by atoms with van der Waals surface area (Å²) in [7, 11) is 0.0791. The van der Waals surface area contributed by atoms with E-state index < -0.39 is 13.5 Å². The number of carbonyl (C=O) groups excluding carboxylic acids is 1. The van der Waals surface area contributed by atoms with Crippen LogP contribution in [0.25, 0.3) is 0 Å². The van der Waals surface area contributed by atoms with Crippen LogP contribution in [-0.2, 0) is 14.9 Å². The second kappa shape index (κ2) is 7.52. The fourth-order valence-corrected chi connectivity index (χ4v) is 7.15. The van der Waals surface area contributed by atoms with Gasteiger partial charge in [0.15, 0.2) is 0 Å². The van der Waals surface area contributed by atoms with Gasteiger partial charge in [-0.3, -0.25) is 4.79 Å². The monoisotopic (exact) mass is 342 g/mol. The normalized spacial score (nSPS) is 22.8. The Morgan fingerprint density at radius 1 is 1.17 bits per heavy atom. The standard InChI is InChI=1S/C21H30O2Si/c1-6-24(7-2,8-3)16-18-15-21(14-17(18)4,20(22)23-5)19-12-10-9-11-13-19/h9-13,16H,4,6-8,14-15H2,1-3,5H3/b18-16-/t21-/m1/s1. The highest BCUT2D eigenvalue weighted by atomic mass is 28.3. The van der Waals surface area contributed by atoms with E-state index in [1.165, 1.54) is 30.8 Å². The fourth-order valence-electron chi connectivity index (χ4n) is 3.99. The molecule has 0 N–H and O–H groups in total. The highest BCUT2D eigenvalue weighted by Crippen LogP contribution is 2.48. The van der Waals surface area contributed by atoms with Crippen molar-refractivity contribution in [1.29, 1.82) is 0 Å². The highest BCUT2D eigenvalue weighted by Gasteiger charge is 2.47. The molecule has 0 amide bonds.